The Bertz CT molecular complexity index is 2940. The average molecular weight is 1040 g/mol. The maximum absolute atomic E-state index is 12.7. The van der Waals surface area contributed by atoms with Gasteiger partial charge in [0.2, 0.25) is 5.91 Å². The number of nitrogens with one attached hydrogen (secondary N) is 1. The van der Waals surface area contributed by atoms with E-state index in [1.54, 1.807) is 12.1 Å². The number of rotatable bonds is 21. The summed E-state index contributed by atoms with van der Waals surface area (Å²) in [5, 5.41) is 2.79. The molecule has 0 spiro atoms. The van der Waals surface area contributed by atoms with Crippen LogP contribution in [0.5, 0.6) is 5.75 Å². The molecule has 3 amide bonds. The van der Waals surface area contributed by atoms with Gasteiger partial charge in [0.15, 0.2) is 5.71 Å². The molecule has 4 aliphatic rings. The molecule has 18 heteroatoms. The fourth-order valence-corrected chi connectivity index (χ4v) is 10.8. The van der Waals surface area contributed by atoms with Gasteiger partial charge in [0.25, 0.3) is 21.9 Å². The molecule has 3 heterocycles. The van der Waals surface area contributed by atoms with E-state index in [-0.39, 0.29) is 95.8 Å². The van der Waals surface area contributed by atoms with Crippen LogP contribution in [0.1, 0.15) is 109 Å². The Kier molecular flexibility index (Phi) is 20.5. The second kappa shape index (κ2) is 25.1. The number of benzene rings is 3. The van der Waals surface area contributed by atoms with Crippen LogP contribution in [-0.4, -0.2) is 90.8 Å². The molecule has 0 saturated carbocycles. The predicted molar refractivity (Wildman–Crippen MR) is 268 cm³/mol. The third-order valence-corrected chi connectivity index (χ3v) is 15.2. The summed E-state index contributed by atoms with van der Waals surface area (Å²) in [5.74, 6) is -0.105. The molecule has 3 aromatic rings. The van der Waals surface area contributed by atoms with E-state index in [2.05, 4.69) is 79.8 Å². The van der Waals surface area contributed by atoms with Crippen molar-refractivity contribution >= 4 is 55.0 Å². The number of aryl methyl sites for hydroxylation is 1. The van der Waals surface area contributed by atoms with Crippen molar-refractivity contribution < 1.29 is 109 Å². The van der Waals surface area contributed by atoms with Gasteiger partial charge in [-0.3, -0.25) is 23.8 Å². The Morgan fingerprint density at radius 2 is 1.60 bits per heavy atom. The van der Waals surface area contributed by atoms with Gasteiger partial charge in [-0.1, -0.05) is 71.2 Å². The third kappa shape index (κ3) is 14.1. The molecule has 14 nitrogen and oxygen atoms in total. The van der Waals surface area contributed by atoms with Crippen LogP contribution in [0.3, 0.4) is 0 Å². The molecule has 2 N–H and O–H groups in total. The van der Waals surface area contributed by atoms with Crippen LogP contribution in [0, 0.1) is 6.07 Å². The molecule has 0 atom stereocenters. The smallest absolute Gasteiger partial charge is 0.748 e. The van der Waals surface area contributed by atoms with Gasteiger partial charge in [-0.25, -0.2) is 13.0 Å². The number of carbonyl (C=O) groups is 3. The number of hydrogen-bond acceptors (Lipinski definition) is 10. The molecular weight excluding hydrogens is 975 g/mol. The van der Waals surface area contributed by atoms with Crippen molar-refractivity contribution in [2.75, 3.05) is 36.8 Å². The second-order valence-corrected chi connectivity index (χ2v) is 22.2. The number of hydrogen-bond donors (Lipinski definition) is 2. The second-order valence-electron chi connectivity index (χ2n) is 19.3. The number of unbranched alkanes of at least 4 members (excludes halogenated alkanes) is 3. The minimum absolute atomic E-state index is 0. The van der Waals surface area contributed by atoms with Crippen LogP contribution >= 0.6 is 0 Å². The zero-order valence-corrected chi connectivity index (χ0v) is 48.3. The van der Waals surface area contributed by atoms with E-state index >= 15 is 0 Å². The Morgan fingerprint density at radius 3 is 2.28 bits per heavy atom. The van der Waals surface area contributed by atoms with Gasteiger partial charge in [0.1, 0.15) is 23.7 Å². The molecule has 0 aromatic heterocycles. The van der Waals surface area contributed by atoms with Crippen LogP contribution in [0.15, 0.2) is 125 Å². The molecule has 3 aromatic carbocycles. The zero-order chi connectivity index (χ0) is 50.4. The first kappa shape index (κ1) is 58.9. The topological polar surface area (TPSA) is 194 Å². The van der Waals surface area contributed by atoms with E-state index < -0.39 is 48.6 Å². The number of fused-ring (bicyclic) bond motifs is 2. The number of allylic oxidation sites excluding steroid dienone is 7. The van der Waals surface area contributed by atoms with E-state index in [0.717, 1.165) is 94.2 Å². The van der Waals surface area contributed by atoms with Crippen LogP contribution in [-0.2, 0) is 51.9 Å². The van der Waals surface area contributed by atoms with Gasteiger partial charge in [-0.2, -0.15) is 26.6 Å². The number of amides is 3. The Hall–Kier alpha value is -3.94. The molecule has 3 aliphatic heterocycles. The van der Waals surface area contributed by atoms with Crippen LogP contribution < -0.4 is 74.1 Å². The zero-order valence-electron chi connectivity index (χ0n) is 42.6. The standard InChI is InChI=1S/C54H64N4O10S2.2Na/c1-6-7-10-33-57-46-26-25-42(70(65,66)67)37-44(46)54(4,5)48(57)28-22-40-15-13-14-39(21-27-47-53(2,3)43-16-8-9-17-45(43)56(47)34-11-12-36-69(62,63)64)52(40)68-41-23-18-38(19-24-41)20-29-49(59)55-32-35-58-50(60)30-31-51(58)61;;/h9,16-19,21-28,30-31,37H,6-7,10-15,20,29,32-36H2,1-5H3,(H,55,59)(H,62,63,64)(H,65,66,67);;/q;2*+1/p-1. The molecule has 1 aliphatic carbocycles. The van der Waals surface area contributed by atoms with Gasteiger partial charge >= 0.3 is 59.1 Å². The Morgan fingerprint density at radius 1 is 0.875 bits per heavy atom. The number of anilines is 1. The van der Waals surface area contributed by atoms with Crippen LogP contribution in [0.4, 0.5) is 11.4 Å². The molecule has 0 unspecified atom stereocenters. The molecule has 372 valence electrons. The first-order valence-corrected chi connectivity index (χ1v) is 27.1. The summed E-state index contributed by atoms with van der Waals surface area (Å²) in [4.78, 5) is 39.6. The molecule has 0 saturated heterocycles. The summed E-state index contributed by atoms with van der Waals surface area (Å²) in [5.41, 5.74) is 7.62. The fraction of sp³-hybridized carbons (Fsp3) is 0.407. The summed E-state index contributed by atoms with van der Waals surface area (Å²) in [7, 11) is -8.77. The number of ether oxygens (including phenoxy) is 1. The fourth-order valence-electron chi connectivity index (χ4n) is 9.78. The van der Waals surface area contributed by atoms with Crippen molar-refractivity contribution in [3.63, 3.8) is 0 Å². The first-order valence-electron chi connectivity index (χ1n) is 24.1. The Labute approximate surface area is 469 Å². The largest absolute Gasteiger partial charge is 1.00 e. The number of carbonyl (C=O) groups excluding carboxylic acids is 3. The van der Waals surface area contributed by atoms with Crippen LogP contribution in [0.2, 0.25) is 0 Å². The van der Waals surface area contributed by atoms with E-state index in [4.69, 9.17) is 4.74 Å². The van der Waals surface area contributed by atoms with Gasteiger partial charge < -0.3 is 19.5 Å². The predicted octanol–water partition coefficient (Wildman–Crippen LogP) is 2.29. The van der Waals surface area contributed by atoms with Gasteiger partial charge in [-0.15, -0.1) is 6.07 Å². The number of nitrogens with zero attached hydrogens (tertiary/aromatic N) is 3. The quantitative estimate of drug-likeness (QED) is 0.0398. The molecule has 0 bridgehead atoms. The number of imide groups is 1. The first-order chi connectivity index (χ1) is 33.2. The third-order valence-electron chi connectivity index (χ3n) is 13.6. The minimum Gasteiger partial charge on any atom is -0.748 e. The van der Waals surface area contributed by atoms with Gasteiger partial charge in [0.05, 0.1) is 15.0 Å². The maximum atomic E-state index is 12.7. The van der Waals surface area contributed by atoms with Gasteiger partial charge in [0, 0.05) is 78.7 Å². The van der Waals surface area contributed by atoms with Crippen LogP contribution in [0.25, 0.3) is 0 Å². The molecule has 0 radical (unpaired) electrons. The monoisotopic (exact) mass is 1040 g/mol. The Balaban J connectivity index is 0.00000481. The molecular formula is C54H63N4Na2O10S2+. The summed E-state index contributed by atoms with van der Waals surface area (Å²) >= 11 is 0. The molecule has 7 rings (SSSR count). The summed E-state index contributed by atoms with van der Waals surface area (Å²) in [6.07, 6.45) is 17.6. The van der Waals surface area contributed by atoms with Crippen molar-refractivity contribution in [1.82, 2.24) is 10.2 Å². The van der Waals surface area contributed by atoms with E-state index in [1.807, 2.05) is 42.5 Å². The van der Waals surface area contributed by atoms with Crippen molar-refractivity contribution in [2.24, 2.45) is 0 Å². The maximum Gasteiger partial charge on any atom is 1.00 e. The van der Waals surface area contributed by atoms with E-state index in [1.165, 1.54) is 18.2 Å². The normalized spacial score (nSPS) is 18.3. The van der Waals surface area contributed by atoms with Gasteiger partial charge in [-0.05, 0) is 103 Å². The minimum atomic E-state index is -4.43. The van der Waals surface area contributed by atoms with Crippen molar-refractivity contribution in [3.05, 3.63) is 142 Å². The molecule has 0 fully saturated rings. The SMILES string of the molecule is CCCCCN1/C(=C/C=C2\CCCC(/C=C/C3=[N+](CCCCS(=O)(=O)[O-])c4cc[c-]cc4C3(C)C)=C2Oc2ccc(CCC(=O)NCCN3C(=O)C=CC3=O)cc2)C(C)(C)c2cc(S(=O)(=O)O)ccc21.[Na+].[Na+]. The van der Waals surface area contributed by atoms with E-state index in [0.29, 0.717) is 37.3 Å². The summed E-state index contributed by atoms with van der Waals surface area (Å²) in [6.45, 7) is 12.1. The van der Waals surface area contributed by atoms with E-state index in [9.17, 15) is 40.3 Å². The average Bonchev–Trinajstić information content (AvgIpc) is 3.83. The van der Waals surface area contributed by atoms with Crippen molar-refractivity contribution in [2.45, 2.75) is 115 Å². The van der Waals surface area contributed by atoms with Crippen molar-refractivity contribution in [1.29, 1.82) is 0 Å². The summed E-state index contributed by atoms with van der Waals surface area (Å²) in [6, 6.07) is 21.5. The molecule has 72 heavy (non-hydrogen) atoms. The van der Waals surface area contributed by atoms with Crippen molar-refractivity contribution in [3.8, 4) is 5.75 Å². The summed E-state index contributed by atoms with van der Waals surface area (Å²) < 4.78 is 78.0.